The molecule has 2 aromatic heterocycles. The minimum atomic E-state index is -0.166. The lowest BCUT2D eigenvalue weighted by molar-refractivity contribution is 0.0945. The molecule has 1 aliphatic rings. The van der Waals surface area contributed by atoms with E-state index in [1.807, 2.05) is 18.4 Å². The van der Waals surface area contributed by atoms with Crippen LogP contribution >= 0.6 is 22.7 Å². The highest BCUT2D eigenvalue weighted by molar-refractivity contribution is 7.14. The average molecular weight is 373 g/mol. The van der Waals surface area contributed by atoms with Gasteiger partial charge in [0.2, 0.25) is 0 Å². The molecule has 2 N–H and O–H groups in total. The highest BCUT2D eigenvalue weighted by Crippen LogP contribution is 2.28. The smallest absolute Gasteiger partial charge is 0.279 e. The van der Waals surface area contributed by atoms with E-state index in [1.165, 1.54) is 53.7 Å². The number of hydrogen-bond donors (Lipinski definition) is 2. The molecule has 0 saturated carbocycles. The molecule has 0 radical (unpaired) electrons. The van der Waals surface area contributed by atoms with Gasteiger partial charge >= 0.3 is 0 Å². The monoisotopic (exact) mass is 372 g/mol. The van der Waals surface area contributed by atoms with E-state index in [0.717, 1.165) is 23.4 Å². The zero-order valence-corrected chi connectivity index (χ0v) is 15.7. The van der Waals surface area contributed by atoms with Gasteiger partial charge in [-0.3, -0.25) is 10.2 Å². The maximum absolute atomic E-state index is 12.4. The SMILES string of the molecule is Cc1csc(/C(C#N)=C/NNC(=O)c2cc3c(s2)CCCCCC3)n1. The zero-order valence-electron chi connectivity index (χ0n) is 14.1. The number of aryl methyl sites for hydroxylation is 3. The molecule has 0 fully saturated rings. The second-order valence-corrected chi connectivity index (χ2v) is 8.03. The predicted octanol–water partition coefficient (Wildman–Crippen LogP) is 3.97. The summed E-state index contributed by atoms with van der Waals surface area (Å²) in [4.78, 5) is 18.7. The lowest BCUT2D eigenvalue weighted by Crippen LogP contribution is -2.33. The van der Waals surface area contributed by atoms with Gasteiger partial charge in [-0.15, -0.1) is 22.7 Å². The molecule has 0 aromatic carbocycles. The number of hydrogen-bond acceptors (Lipinski definition) is 6. The van der Waals surface area contributed by atoms with E-state index in [4.69, 9.17) is 0 Å². The molecule has 0 aliphatic heterocycles. The Morgan fingerprint density at radius 1 is 1.32 bits per heavy atom. The molecule has 1 amide bonds. The lowest BCUT2D eigenvalue weighted by atomic mass is 10.00. The second-order valence-electron chi connectivity index (χ2n) is 6.04. The van der Waals surface area contributed by atoms with Crippen molar-refractivity contribution in [3.63, 3.8) is 0 Å². The minimum absolute atomic E-state index is 0.166. The van der Waals surface area contributed by atoms with E-state index in [1.54, 1.807) is 11.3 Å². The molecule has 7 heteroatoms. The summed E-state index contributed by atoms with van der Waals surface area (Å²) < 4.78 is 0. The van der Waals surface area contributed by atoms with Crippen molar-refractivity contribution in [1.29, 1.82) is 5.26 Å². The fourth-order valence-electron chi connectivity index (χ4n) is 2.81. The molecule has 2 aromatic rings. The molecule has 25 heavy (non-hydrogen) atoms. The van der Waals surface area contributed by atoms with E-state index in [0.29, 0.717) is 10.6 Å². The summed E-state index contributed by atoms with van der Waals surface area (Å²) in [5, 5.41) is 11.8. The molecular formula is C18H20N4OS2. The fraction of sp³-hybridized carbons (Fsp3) is 0.389. The van der Waals surface area contributed by atoms with E-state index in [9.17, 15) is 10.1 Å². The molecule has 0 unspecified atom stereocenters. The van der Waals surface area contributed by atoms with Crippen molar-refractivity contribution in [2.75, 3.05) is 0 Å². The Bertz CT molecular complexity index is 803. The van der Waals surface area contributed by atoms with Gasteiger partial charge in [-0.25, -0.2) is 4.98 Å². The van der Waals surface area contributed by atoms with Crippen LogP contribution in [0, 0.1) is 18.3 Å². The van der Waals surface area contributed by atoms with Crippen LogP contribution in [-0.4, -0.2) is 10.9 Å². The van der Waals surface area contributed by atoms with Crippen molar-refractivity contribution in [3.8, 4) is 6.07 Å². The Balaban J connectivity index is 1.63. The number of nitrogens with zero attached hydrogens (tertiary/aromatic N) is 2. The number of nitriles is 1. The number of thiazole rings is 1. The van der Waals surface area contributed by atoms with Crippen LogP contribution < -0.4 is 10.9 Å². The van der Waals surface area contributed by atoms with E-state index >= 15 is 0 Å². The predicted molar refractivity (Wildman–Crippen MR) is 101 cm³/mol. The standard InChI is InChI=1S/C18H20N4OS2/c1-12-11-24-18(21-12)14(9-19)10-20-22-17(23)16-8-13-6-4-2-3-5-7-15(13)25-16/h8,10-11,20H,2-7H2,1H3,(H,22,23)/b14-10+. The molecule has 2 heterocycles. The minimum Gasteiger partial charge on any atom is -0.304 e. The van der Waals surface area contributed by atoms with E-state index in [-0.39, 0.29) is 5.91 Å². The molecule has 1 aliphatic carbocycles. The Kier molecular flexibility index (Phi) is 5.84. The summed E-state index contributed by atoms with van der Waals surface area (Å²) in [6, 6.07) is 4.11. The van der Waals surface area contributed by atoms with Crippen LogP contribution in [0.3, 0.4) is 0 Å². The van der Waals surface area contributed by atoms with Gasteiger partial charge in [0.25, 0.3) is 5.91 Å². The summed E-state index contributed by atoms with van der Waals surface area (Å²) in [6.45, 7) is 1.88. The molecule has 0 spiro atoms. The number of thiophene rings is 1. The molecule has 3 rings (SSSR count). The quantitative estimate of drug-likeness (QED) is 0.629. The first-order valence-corrected chi connectivity index (χ1v) is 10.1. The normalized spacial score (nSPS) is 14.8. The van der Waals surface area contributed by atoms with Gasteiger partial charge in [0.05, 0.1) is 4.88 Å². The van der Waals surface area contributed by atoms with Crippen molar-refractivity contribution in [3.05, 3.63) is 43.7 Å². The lowest BCUT2D eigenvalue weighted by Gasteiger charge is -2.07. The summed E-state index contributed by atoms with van der Waals surface area (Å²) in [6.07, 6.45) is 8.57. The molecule has 0 atom stereocenters. The van der Waals surface area contributed by atoms with Gasteiger partial charge < -0.3 is 5.43 Å². The maximum atomic E-state index is 12.4. The van der Waals surface area contributed by atoms with Crippen molar-refractivity contribution in [2.24, 2.45) is 0 Å². The third-order valence-corrected chi connectivity index (χ3v) is 6.32. The average Bonchev–Trinajstić information content (AvgIpc) is 3.18. The van der Waals surface area contributed by atoms with E-state index < -0.39 is 0 Å². The largest absolute Gasteiger partial charge is 0.304 e. The summed E-state index contributed by atoms with van der Waals surface area (Å²) in [7, 11) is 0. The third kappa shape index (κ3) is 4.47. The Morgan fingerprint density at radius 3 is 2.84 bits per heavy atom. The first-order valence-electron chi connectivity index (χ1n) is 8.37. The maximum Gasteiger partial charge on any atom is 0.279 e. The second kappa shape index (κ2) is 8.28. The van der Waals surface area contributed by atoms with Crippen molar-refractivity contribution in [2.45, 2.75) is 45.4 Å². The molecular weight excluding hydrogens is 352 g/mol. The van der Waals surface area contributed by atoms with Crippen LogP contribution in [0.5, 0.6) is 0 Å². The number of allylic oxidation sites excluding steroid dienone is 1. The van der Waals surface area contributed by atoms with Crippen LogP contribution in [0.4, 0.5) is 0 Å². The van der Waals surface area contributed by atoms with Gasteiger partial charge in [-0.2, -0.15) is 5.26 Å². The van der Waals surface area contributed by atoms with Gasteiger partial charge in [-0.05, 0) is 44.2 Å². The number of fused-ring (bicyclic) bond motifs is 1. The molecule has 0 bridgehead atoms. The number of carbonyl (C=O) groups excluding carboxylic acids is 1. The topological polar surface area (TPSA) is 77.8 Å². The highest BCUT2D eigenvalue weighted by Gasteiger charge is 2.15. The number of hydrazine groups is 1. The Morgan fingerprint density at radius 2 is 2.12 bits per heavy atom. The van der Waals surface area contributed by atoms with Crippen molar-refractivity contribution < 1.29 is 4.79 Å². The fourth-order valence-corrected chi connectivity index (χ4v) is 4.72. The zero-order chi connectivity index (χ0) is 17.6. The first-order chi connectivity index (χ1) is 12.2. The molecule has 5 nitrogen and oxygen atoms in total. The van der Waals surface area contributed by atoms with Crippen LogP contribution in [0.1, 0.15) is 56.5 Å². The molecule has 130 valence electrons. The van der Waals surface area contributed by atoms with Gasteiger partial charge in [0.15, 0.2) is 0 Å². The molecule has 0 saturated heterocycles. The number of nitrogens with one attached hydrogen (secondary N) is 2. The van der Waals surface area contributed by atoms with Gasteiger partial charge in [0, 0.05) is 22.2 Å². The van der Waals surface area contributed by atoms with Crippen LogP contribution in [-0.2, 0) is 12.8 Å². The number of aromatic nitrogens is 1. The summed E-state index contributed by atoms with van der Waals surface area (Å²) >= 11 is 2.99. The number of amides is 1. The number of carbonyl (C=O) groups is 1. The van der Waals surface area contributed by atoms with Crippen molar-refractivity contribution >= 4 is 34.2 Å². The summed E-state index contributed by atoms with van der Waals surface area (Å²) in [5.74, 6) is -0.166. The van der Waals surface area contributed by atoms with Crippen LogP contribution in [0.25, 0.3) is 5.57 Å². The van der Waals surface area contributed by atoms with Crippen molar-refractivity contribution in [1.82, 2.24) is 15.8 Å². The Hall–Kier alpha value is -2.17. The van der Waals surface area contributed by atoms with Crippen LogP contribution in [0.15, 0.2) is 17.6 Å². The first kappa shape index (κ1) is 17.6. The van der Waals surface area contributed by atoms with E-state index in [2.05, 4.69) is 21.9 Å². The number of rotatable bonds is 4. The van der Waals surface area contributed by atoms with Gasteiger partial charge in [0.1, 0.15) is 16.6 Å². The van der Waals surface area contributed by atoms with Gasteiger partial charge in [-0.1, -0.05) is 12.8 Å². The van der Waals surface area contributed by atoms with Crippen LogP contribution in [0.2, 0.25) is 0 Å². The highest BCUT2D eigenvalue weighted by atomic mass is 32.1. The third-order valence-electron chi connectivity index (χ3n) is 4.09. The summed E-state index contributed by atoms with van der Waals surface area (Å²) in [5.41, 5.74) is 7.98. The Labute approximate surface area is 155 Å².